The maximum absolute atomic E-state index is 12.5. The van der Waals surface area contributed by atoms with Crippen LogP contribution in [0.15, 0.2) is 41.3 Å². The van der Waals surface area contributed by atoms with E-state index in [4.69, 9.17) is 10.5 Å². The molecule has 4 heteroatoms. The molecule has 0 spiro atoms. The van der Waals surface area contributed by atoms with Gasteiger partial charge in [-0.1, -0.05) is 18.2 Å². The molecule has 0 aliphatic heterocycles. The molecule has 3 nitrogen and oxygen atoms in total. The van der Waals surface area contributed by atoms with Crippen molar-refractivity contribution in [2.24, 2.45) is 0 Å². The summed E-state index contributed by atoms with van der Waals surface area (Å²) in [4.78, 5) is 0.680. The zero-order valence-corrected chi connectivity index (χ0v) is 12.8. The maximum Gasteiger partial charge on any atom is 0.137 e. The van der Waals surface area contributed by atoms with Crippen LogP contribution in [0.2, 0.25) is 0 Å². The lowest BCUT2D eigenvalue weighted by Crippen LogP contribution is -2.01. The van der Waals surface area contributed by atoms with Crippen molar-refractivity contribution in [1.29, 1.82) is 0 Å². The Kier molecular flexibility index (Phi) is 4.45. The lowest BCUT2D eigenvalue weighted by molar-refractivity contribution is 0.404. The van der Waals surface area contributed by atoms with Gasteiger partial charge in [-0.05, 0) is 42.7 Å². The van der Waals surface area contributed by atoms with Crippen LogP contribution >= 0.6 is 0 Å². The first kappa shape index (κ1) is 14.6. The van der Waals surface area contributed by atoms with E-state index in [2.05, 4.69) is 26.0 Å². The molecule has 0 saturated heterocycles. The summed E-state index contributed by atoms with van der Waals surface area (Å²) in [6, 6.07) is 11.4. The normalized spacial score (nSPS) is 12.2. The maximum atomic E-state index is 12.5. The summed E-state index contributed by atoms with van der Waals surface area (Å²) in [6.07, 6.45) is 0. The smallest absolute Gasteiger partial charge is 0.137 e. The quantitative estimate of drug-likeness (QED) is 0.879. The Bertz CT molecular complexity index is 653. The van der Waals surface area contributed by atoms with Crippen molar-refractivity contribution in [3.63, 3.8) is 0 Å². The van der Waals surface area contributed by atoms with Gasteiger partial charge in [-0.3, -0.25) is 4.21 Å². The van der Waals surface area contributed by atoms with Gasteiger partial charge < -0.3 is 10.5 Å². The summed E-state index contributed by atoms with van der Waals surface area (Å²) in [5.41, 5.74) is 9.83. The van der Waals surface area contributed by atoms with Crippen LogP contribution in [0.4, 0.5) is 5.69 Å². The molecule has 0 fully saturated rings. The molecule has 0 heterocycles. The Balaban J connectivity index is 2.25. The number of aryl methyl sites for hydroxylation is 2. The molecular weight excluding hydrogens is 270 g/mol. The van der Waals surface area contributed by atoms with Crippen molar-refractivity contribution in [2.75, 3.05) is 12.8 Å². The van der Waals surface area contributed by atoms with E-state index in [1.807, 2.05) is 6.07 Å². The standard InChI is InChI=1S/C16H19NO2S/c1-11-4-5-13(8-12(11)2)10-20(18)16-7-6-14(17)9-15(16)19-3/h4-9H,10,17H2,1-3H3. The van der Waals surface area contributed by atoms with E-state index in [9.17, 15) is 4.21 Å². The van der Waals surface area contributed by atoms with Gasteiger partial charge in [0.15, 0.2) is 0 Å². The first-order chi connectivity index (χ1) is 9.51. The second-order valence-corrected chi connectivity index (χ2v) is 6.24. The van der Waals surface area contributed by atoms with E-state index in [0.29, 0.717) is 22.1 Å². The highest BCUT2D eigenvalue weighted by Gasteiger charge is 2.12. The molecule has 1 atom stereocenters. The molecule has 2 aromatic carbocycles. The average Bonchev–Trinajstić information content (AvgIpc) is 2.42. The number of nitrogens with two attached hydrogens (primary N) is 1. The topological polar surface area (TPSA) is 52.3 Å². The number of hydrogen-bond donors (Lipinski definition) is 1. The van der Waals surface area contributed by atoms with E-state index in [-0.39, 0.29) is 0 Å². The minimum Gasteiger partial charge on any atom is -0.495 e. The third kappa shape index (κ3) is 3.20. The lowest BCUT2D eigenvalue weighted by atomic mass is 10.1. The number of rotatable bonds is 4. The first-order valence-corrected chi connectivity index (χ1v) is 7.71. The fourth-order valence-corrected chi connectivity index (χ4v) is 3.22. The van der Waals surface area contributed by atoms with Crippen LogP contribution in [0.5, 0.6) is 5.75 Å². The van der Waals surface area contributed by atoms with E-state index in [1.165, 1.54) is 11.1 Å². The van der Waals surface area contributed by atoms with Gasteiger partial charge >= 0.3 is 0 Å². The van der Waals surface area contributed by atoms with Crippen molar-refractivity contribution in [1.82, 2.24) is 0 Å². The Morgan fingerprint density at radius 1 is 1.10 bits per heavy atom. The second-order valence-electron chi connectivity index (χ2n) is 4.82. The van der Waals surface area contributed by atoms with Crippen LogP contribution in [0.3, 0.4) is 0 Å². The summed E-state index contributed by atoms with van der Waals surface area (Å²) < 4.78 is 17.7. The molecule has 2 aromatic rings. The minimum absolute atomic E-state index is 0.474. The Hall–Kier alpha value is -1.81. The van der Waals surface area contributed by atoms with E-state index < -0.39 is 10.8 Å². The van der Waals surface area contributed by atoms with Gasteiger partial charge in [0.1, 0.15) is 5.75 Å². The number of anilines is 1. The Morgan fingerprint density at radius 2 is 1.85 bits per heavy atom. The van der Waals surface area contributed by atoms with Gasteiger partial charge in [-0.2, -0.15) is 0 Å². The molecule has 106 valence electrons. The van der Waals surface area contributed by atoms with Crippen LogP contribution in [-0.2, 0) is 16.6 Å². The van der Waals surface area contributed by atoms with Crippen LogP contribution in [0.1, 0.15) is 16.7 Å². The van der Waals surface area contributed by atoms with Gasteiger partial charge in [0.2, 0.25) is 0 Å². The zero-order valence-electron chi connectivity index (χ0n) is 12.0. The largest absolute Gasteiger partial charge is 0.495 e. The number of nitrogen functional groups attached to an aromatic ring is 1. The van der Waals surface area contributed by atoms with Gasteiger partial charge in [-0.25, -0.2) is 0 Å². The fourth-order valence-electron chi connectivity index (χ4n) is 1.99. The Labute approximate surface area is 122 Å². The summed E-state index contributed by atoms with van der Waals surface area (Å²) in [6.45, 7) is 4.13. The molecule has 20 heavy (non-hydrogen) atoms. The molecule has 0 aromatic heterocycles. The number of methoxy groups -OCH3 is 1. The average molecular weight is 289 g/mol. The third-order valence-electron chi connectivity index (χ3n) is 3.30. The van der Waals surface area contributed by atoms with E-state index in [1.54, 1.807) is 25.3 Å². The van der Waals surface area contributed by atoms with Crippen molar-refractivity contribution in [3.8, 4) is 5.75 Å². The summed E-state index contributed by atoms with van der Waals surface area (Å²) in [5, 5.41) is 0. The van der Waals surface area contributed by atoms with Crippen molar-refractivity contribution in [3.05, 3.63) is 53.1 Å². The van der Waals surface area contributed by atoms with E-state index in [0.717, 1.165) is 5.56 Å². The van der Waals surface area contributed by atoms with Gasteiger partial charge in [0.25, 0.3) is 0 Å². The minimum atomic E-state index is -1.15. The van der Waals surface area contributed by atoms with Crippen molar-refractivity contribution in [2.45, 2.75) is 24.5 Å². The third-order valence-corrected chi connectivity index (χ3v) is 4.73. The molecule has 0 radical (unpaired) electrons. The summed E-state index contributed by atoms with van der Waals surface area (Å²) >= 11 is 0. The predicted octanol–water partition coefficient (Wildman–Crippen LogP) is 3.20. The van der Waals surface area contributed by atoms with Gasteiger partial charge in [-0.15, -0.1) is 0 Å². The predicted molar refractivity (Wildman–Crippen MR) is 83.4 cm³/mol. The van der Waals surface area contributed by atoms with Crippen LogP contribution in [0.25, 0.3) is 0 Å². The van der Waals surface area contributed by atoms with Crippen molar-refractivity contribution < 1.29 is 8.95 Å². The SMILES string of the molecule is COc1cc(N)ccc1S(=O)Cc1ccc(C)c(C)c1. The van der Waals surface area contributed by atoms with Crippen LogP contribution in [-0.4, -0.2) is 11.3 Å². The molecule has 2 N–H and O–H groups in total. The Morgan fingerprint density at radius 3 is 2.50 bits per heavy atom. The van der Waals surface area contributed by atoms with Crippen molar-refractivity contribution >= 4 is 16.5 Å². The number of ether oxygens (including phenoxy) is 1. The monoisotopic (exact) mass is 289 g/mol. The second kappa shape index (κ2) is 6.09. The summed E-state index contributed by atoms with van der Waals surface area (Å²) in [5.74, 6) is 1.05. The fraction of sp³-hybridized carbons (Fsp3) is 0.250. The molecule has 0 saturated carbocycles. The molecule has 2 rings (SSSR count). The van der Waals surface area contributed by atoms with Gasteiger partial charge in [0.05, 0.1) is 28.6 Å². The molecule has 0 aliphatic carbocycles. The molecule has 0 bridgehead atoms. The highest BCUT2D eigenvalue weighted by molar-refractivity contribution is 7.84. The number of benzene rings is 2. The van der Waals surface area contributed by atoms with E-state index >= 15 is 0 Å². The van der Waals surface area contributed by atoms with Crippen LogP contribution in [0, 0.1) is 13.8 Å². The number of hydrogen-bond acceptors (Lipinski definition) is 3. The molecule has 0 aliphatic rings. The highest BCUT2D eigenvalue weighted by Crippen LogP contribution is 2.26. The first-order valence-electron chi connectivity index (χ1n) is 6.39. The van der Waals surface area contributed by atoms with Crippen LogP contribution < -0.4 is 10.5 Å². The highest BCUT2D eigenvalue weighted by atomic mass is 32.2. The summed E-state index contributed by atoms with van der Waals surface area (Å²) in [7, 11) is 0.411. The lowest BCUT2D eigenvalue weighted by Gasteiger charge is -2.10. The van der Waals surface area contributed by atoms with Gasteiger partial charge in [0, 0.05) is 11.8 Å². The molecule has 0 amide bonds. The molecular formula is C16H19NO2S. The zero-order chi connectivity index (χ0) is 14.7. The molecule has 1 unspecified atom stereocenters.